The van der Waals surface area contributed by atoms with E-state index in [1.165, 1.54) is 32.4 Å². The SMILES string of the molecule is CNS(=O)(=O)c1cc(C(=O)Nc2c(C)cccc2C)ccc1OC. The average Bonchev–Trinajstić information content (AvgIpc) is 2.57. The van der Waals surface area contributed by atoms with Crippen molar-refractivity contribution >= 4 is 21.6 Å². The zero-order valence-electron chi connectivity index (χ0n) is 14.0. The van der Waals surface area contributed by atoms with E-state index in [9.17, 15) is 13.2 Å². The third-order valence-electron chi connectivity index (χ3n) is 3.70. The molecule has 0 aromatic heterocycles. The molecule has 6 nitrogen and oxygen atoms in total. The second-order valence-corrected chi connectivity index (χ2v) is 7.15. The molecule has 0 saturated carbocycles. The number of benzene rings is 2. The van der Waals surface area contributed by atoms with Crippen molar-refractivity contribution in [1.82, 2.24) is 4.72 Å². The Bertz CT molecular complexity index is 856. The first kappa shape index (κ1) is 18.0. The molecule has 0 radical (unpaired) electrons. The van der Waals surface area contributed by atoms with Crippen LogP contribution in [0.4, 0.5) is 5.69 Å². The number of para-hydroxylation sites is 1. The fourth-order valence-corrected chi connectivity index (χ4v) is 3.25. The van der Waals surface area contributed by atoms with Crippen molar-refractivity contribution in [3.63, 3.8) is 0 Å². The van der Waals surface area contributed by atoms with E-state index in [0.29, 0.717) is 0 Å². The summed E-state index contributed by atoms with van der Waals surface area (Å²) in [6, 6.07) is 9.99. The van der Waals surface area contributed by atoms with Crippen LogP contribution in [0.15, 0.2) is 41.3 Å². The van der Waals surface area contributed by atoms with Crippen LogP contribution in [0.25, 0.3) is 0 Å². The number of ether oxygens (including phenoxy) is 1. The minimum Gasteiger partial charge on any atom is -0.495 e. The molecule has 2 aromatic carbocycles. The highest BCUT2D eigenvalue weighted by Crippen LogP contribution is 2.26. The van der Waals surface area contributed by atoms with E-state index in [-0.39, 0.29) is 22.1 Å². The van der Waals surface area contributed by atoms with Crippen molar-refractivity contribution < 1.29 is 17.9 Å². The maximum absolute atomic E-state index is 12.5. The number of hydrogen-bond donors (Lipinski definition) is 2. The lowest BCUT2D eigenvalue weighted by atomic mass is 10.1. The molecule has 24 heavy (non-hydrogen) atoms. The molecule has 128 valence electrons. The molecular weight excluding hydrogens is 328 g/mol. The zero-order valence-corrected chi connectivity index (χ0v) is 14.8. The molecule has 0 spiro atoms. The zero-order chi connectivity index (χ0) is 17.9. The second-order valence-electron chi connectivity index (χ2n) is 5.29. The molecule has 0 aliphatic rings. The Morgan fingerprint density at radius 1 is 1.08 bits per heavy atom. The maximum Gasteiger partial charge on any atom is 0.255 e. The Morgan fingerprint density at radius 3 is 2.25 bits per heavy atom. The lowest BCUT2D eigenvalue weighted by Gasteiger charge is -2.13. The summed E-state index contributed by atoms with van der Waals surface area (Å²) in [6.45, 7) is 3.79. The highest BCUT2D eigenvalue weighted by atomic mass is 32.2. The van der Waals surface area contributed by atoms with Crippen LogP contribution in [0, 0.1) is 13.8 Å². The van der Waals surface area contributed by atoms with Gasteiger partial charge in [-0.05, 0) is 50.2 Å². The van der Waals surface area contributed by atoms with E-state index < -0.39 is 10.0 Å². The van der Waals surface area contributed by atoms with Crippen molar-refractivity contribution in [1.29, 1.82) is 0 Å². The molecule has 0 atom stereocenters. The number of rotatable bonds is 5. The van der Waals surface area contributed by atoms with Crippen LogP contribution >= 0.6 is 0 Å². The Hall–Kier alpha value is -2.38. The number of amides is 1. The summed E-state index contributed by atoms with van der Waals surface area (Å²) in [5.41, 5.74) is 2.81. The van der Waals surface area contributed by atoms with Gasteiger partial charge in [-0.3, -0.25) is 4.79 Å². The molecule has 0 heterocycles. The molecule has 2 aromatic rings. The van der Waals surface area contributed by atoms with Gasteiger partial charge >= 0.3 is 0 Å². The summed E-state index contributed by atoms with van der Waals surface area (Å²) in [5.74, 6) is -0.212. The number of hydrogen-bond acceptors (Lipinski definition) is 4. The van der Waals surface area contributed by atoms with E-state index in [1.807, 2.05) is 32.0 Å². The first-order valence-corrected chi connectivity index (χ1v) is 8.77. The molecule has 0 aliphatic heterocycles. The topological polar surface area (TPSA) is 84.5 Å². The number of nitrogens with one attached hydrogen (secondary N) is 2. The molecular formula is C17H20N2O4S. The molecule has 0 saturated heterocycles. The van der Waals surface area contributed by atoms with Gasteiger partial charge in [0.15, 0.2) is 0 Å². The monoisotopic (exact) mass is 348 g/mol. The summed E-state index contributed by atoms with van der Waals surface area (Å²) in [4.78, 5) is 12.4. The highest BCUT2D eigenvalue weighted by molar-refractivity contribution is 7.89. The molecule has 0 unspecified atom stereocenters. The van der Waals surface area contributed by atoms with Gasteiger partial charge in [0.05, 0.1) is 7.11 Å². The number of methoxy groups -OCH3 is 1. The largest absolute Gasteiger partial charge is 0.495 e. The van der Waals surface area contributed by atoms with E-state index >= 15 is 0 Å². The first-order chi connectivity index (χ1) is 11.3. The highest BCUT2D eigenvalue weighted by Gasteiger charge is 2.20. The van der Waals surface area contributed by atoms with Crippen LogP contribution in [-0.2, 0) is 10.0 Å². The lowest BCUT2D eigenvalue weighted by molar-refractivity contribution is 0.102. The van der Waals surface area contributed by atoms with Crippen molar-refractivity contribution in [2.75, 3.05) is 19.5 Å². The second kappa shape index (κ2) is 7.02. The Morgan fingerprint density at radius 2 is 1.71 bits per heavy atom. The minimum absolute atomic E-state index is 0.0818. The Labute approximate surface area is 141 Å². The van der Waals surface area contributed by atoms with Crippen LogP contribution in [0.5, 0.6) is 5.75 Å². The maximum atomic E-state index is 12.5. The van der Waals surface area contributed by atoms with Crippen LogP contribution in [0.1, 0.15) is 21.5 Å². The minimum atomic E-state index is -3.74. The predicted molar refractivity (Wildman–Crippen MR) is 93.1 cm³/mol. The summed E-state index contributed by atoms with van der Waals surface area (Å²) in [5, 5.41) is 2.83. The van der Waals surface area contributed by atoms with Crippen molar-refractivity contribution in [2.45, 2.75) is 18.7 Å². The number of carbonyl (C=O) groups is 1. The predicted octanol–water partition coefficient (Wildman–Crippen LogP) is 2.47. The normalized spacial score (nSPS) is 11.2. The molecule has 2 rings (SSSR count). The fraction of sp³-hybridized carbons (Fsp3) is 0.235. The van der Waals surface area contributed by atoms with Gasteiger partial charge in [0.25, 0.3) is 5.91 Å². The van der Waals surface area contributed by atoms with Crippen LogP contribution in [0.3, 0.4) is 0 Å². The van der Waals surface area contributed by atoms with Gasteiger partial charge in [-0.25, -0.2) is 13.1 Å². The first-order valence-electron chi connectivity index (χ1n) is 7.29. The standard InChI is InChI=1S/C17H20N2O4S/c1-11-6-5-7-12(2)16(11)19-17(20)13-8-9-14(23-4)15(10-13)24(21,22)18-3/h5-10,18H,1-4H3,(H,19,20). The van der Waals surface area contributed by atoms with Crippen molar-refractivity contribution in [2.24, 2.45) is 0 Å². The van der Waals surface area contributed by atoms with Gasteiger partial charge in [0, 0.05) is 11.3 Å². The number of aryl methyl sites for hydroxylation is 2. The molecule has 1 amide bonds. The van der Waals surface area contributed by atoms with Crippen LogP contribution in [-0.4, -0.2) is 28.5 Å². The molecule has 0 fully saturated rings. The molecule has 0 aliphatic carbocycles. The quantitative estimate of drug-likeness (QED) is 0.869. The Balaban J connectivity index is 2.42. The fourth-order valence-electron chi connectivity index (χ4n) is 2.34. The third kappa shape index (κ3) is 3.58. The van der Waals surface area contributed by atoms with Gasteiger partial charge in [-0.15, -0.1) is 0 Å². The average molecular weight is 348 g/mol. The molecule has 0 bridgehead atoms. The summed E-state index contributed by atoms with van der Waals surface area (Å²) >= 11 is 0. The molecule has 2 N–H and O–H groups in total. The van der Waals surface area contributed by atoms with E-state index in [2.05, 4.69) is 10.0 Å². The van der Waals surface area contributed by atoms with Gasteiger partial charge in [0.1, 0.15) is 10.6 Å². The smallest absolute Gasteiger partial charge is 0.255 e. The van der Waals surface area contributed by atoms with Gasteiger partial charge in [-0.2, -0.15) is 0 Å². The number of anilines is 1. The Kier molecular flexibility index (Phi) is 5.26. The molecule has 7 heteroatoms. The van der Waals surface area contributed by atoms with Gasteiger partial charge in [-0.1, -0.05) is 18.2 Å². The van der Waals surface area contributed by atoms with Crippen molar-refractivity contribution in [3.05, 3.63) is 53.1 Å². The van der Waals surface area contributed by atoms with Gasteiger partial charge < -0.3 is 10.1 Å². The summed E-state index contributed by atoms with van der Waals surface area (Å²) in [7, 11) is -1.06. The summed E-state index contributed by atoms with van der Waals surface area (Å²) < 4.78 is 31.5. The van der Waals surface area contributed by atoms with Crippen LogP contribution < -0.4 is 14.8 Å². The van der Waals surface area contributed by atoms with E-state index in [1.54, 1.807) is 0 Å². The van der Waals surface area contributed by atoms with Gasteiger partial charge in [0.2, 0.25) is 10.0 Å². The van der Waals surface area contributed by atoms with E-state index in [4.69, 9.17) is 4.74 Å². The number of carbonyl (C=O) groups excluding carboxylic acids is 1. The summed E-state index contributed by atoms with van der Waals surface area (Å²) in [6.07, 6.45) is 0. The lowest BCUT2D eigenvalue weighted by Crippen LogP contribution is -2.21. The third-order valence-corrected chi connectivity index (χ3v) is 5.14. The van der Waals surface area contributed by atoms with E-state index in [0.717, 1.165) is 16.8 Å². The van der Waals surface area contributed by atoms with Crippen molar-refractivity contribution in [3.8, 4) is 5.75 Å². The van der Waals surface area contributed by atoms with Crippen LogP contribution in [0.2, 0.25) is 0 Å². The number of sulfonamides is 1.